The zero-order valence-electron chi connectivity index (χ0n) is 19.1. The van der Waals surface area contributed by atoms with Gasteiger partial charge in [0.15, 0.2) is 4.80 Å². The maximum atomic E-state index is 12.5. The molecule has 1 aromatic heterocycles. The molecule has 11 heteroatoms. The first-order valence-electron chi connectivity index (χ1n) is 11.0. The lowest BCUT2D eigenvalue weighted by Gasteiger charge is -2.11. The molecule has 3 N–H and O–H groups in total. The summed E-state index contributed by atoms with van der Waals surface area (Å²) in [5, 5.41) is 15.5. The Balaban J connectivity index is 1.79. The van der Waals surface area contributed by atoms with Crippen LogP contribution in [-0.4, -0.2) is 41.6 Å². The quantitative estimate of drug-likeness (QED) is 0.201. The zero-order valence-corrected chi connectivity index (χ0v) is 20.7. The highest BCUT2D eigenvalue weighted by atomic mass is 35.5. The van der Waals surface area contributed by atoms with E-state index in [-0.39, 0.29) is 11.6 Å². The molecule has 188 valence electrons. The molecule has 0 radical (unpaired) electrons. The third kappa shape index (κ3) is 8.72. The van der Waals surface area contributed by atoms with Gasteiger partial charge in [-0.1, -0.05) is 23.7 Å². The summed E-state index contributed by atoms with van der Waals surface area (Å²) in [5.41, 5.74) is 2.63. The summed E-state index contributed by atoms with van der Waals surface area (Å²) in [7, 11) is 0. The van der Waals surface area contributed by atoms with Gasteiger partial charge in [-0.15, -0.1) is 24.5 Å². The van der Waals surface area contributed by atoms with Crippen LogP contribution in [0.15, 0.2) is 58.9 Å². The molecular formula is C24H27ClF3N4O2S+. The van der Waals surface area contributed by atoms with Gasteiger partial charge in [-0.05, 0) is 67.4 Å². The number of nitrogens with one attached hydrogen (secondary N) is 2. The predicted molar refractivity (Wildman–Crippen MR) is 132 cm³/mol. The molecule has 0 spiro atoms. The summed E-state index contributed by atoms with van der Waals surface area (Å²) in [6.07, 6.45) is -3.98. The maximum absolute atomic E-state index is 12.5. The summed E-state index contributed by atoms with van der Waals surface area (Å²) in [6.45, 7) is 4.66. The van der Waals surface area contributed by atoms with Crippen LogP contribution in [0.2, 0.25) is 5.02 Å². The lowest BCUT2D eigenvalue weighted by molar-refractivity contribution is -0.462. The molecular weight excluding hydrogens is 501 g/mol. The number of halogens is 4. The largest absolute Gasteiger partial charge is 0.573 e. The number of hydrogen-bond acceptors (Lipinski definition) is 4. The van der Waals surface area contributed by atoms with Crippen molar-refractivity contribution in [2.75, 3.05) is 19.6 Å². The average molecular weight is 528 g/mol. The fraction of sp³-hybridized carbons (Fsp3) is 0.333. The van der Waals surface area contributed by atoms with Crippen molar-refractivity contribution in [1.29, 1.82) is 0 Å². The van der Waals surface area contributed by atoms with E-state index in [4.69, 9.17) is 16.6 Å². The Hall–Kier alpha value is -2.82. The molecule has 1 heterocycles. The SMILES string of the molecule is CC[NH+]=C(O)CNCCCn1c(-c2ccc(OC(F)(F)F)cc2)csc1=NCc1ccc(Cl)cc1. The van der Waals surface area contributed by atoms with Crippen LogP contribution >= 0.6 is 22.9 Å². The standard InChI is InChI=1S/C24H26ClF3N4O2S/c1-2-30-22(33)15-29-12-3-13-32-21(18-6-10-20(11-7-18)34-24(26,27)28)16-35-23(32)31-14-17-4-8-19(25)9-5-17/h4-11,16,29H,2-3,12-15H2,1H3,(H,30,33)/p+1. The minimum Gasteiger partial charge on any atom is -0.463 e. The Morgan fingerprint density at radius 3 is 2.54 bits per heavy atom. The minimum absolute atomic E-state index is 0.191. The van der Waals surface area contributed by atoms with E-state index in [1.807, 2.05) is 36.6 Å². The normalized spacial score (nSPS) is 12.8. The molecule has 3 aromatic rings. The number of alkyl halides is 3. The maximum Gasteiger partial charge on any atom is 0.573 e. The molecule has 0 saturated heterocycles. The number of benzene rings is 2. The first kappa shape index (κ1) is 26.8. The fourth-order valence-corrected chi connectivity index (χ4v) is 4.38. The Kier molecular flexibility index (Phi) is 9.76. The highest BCUT2D eigenvalue weighted by Crippen LogP contribution is 2.27. The van der Waals surface area contributed by atoms with Crippen molar-refractivity contribution in [1.82, 2.24) is 9.88 Å². The minimum atomic E-state index is -4.73. The summed E-state index contributed by atoms with van der Waals surface area (Å²) >= 11 is 7.43. The number of hydrogen-bond donors (Lipinski definition) is 3. The van der Waals surface area contributed by atoms with Gasteiger partial charge in [-0.25, -0.2) is 4.99 Å². The van der Waals surface area contributed by atoms with Gasteiger partial charge in [-0.3, -0.25) is 4.99 Å². The van der Waals surface area contributed by atoms with E-state index in [0.29, 0.717) is 37.7 Å². The van der Waals surface area contributed by atoms with Gasteiger partial charge in [0.25, 0.3) is 0 Å². The molecule has 0 unspecified atom stereocenters. The highest BCUT2D eigenvalue weighted by Gasteiger charge is 2.31. The van der Waals surface area contributed by atoms with E-state index in [9.17, 15) is 18.3 Å². The van der Waals surface area contributed by atoms with Crippen molar-refractivity contribution < 1.29 is 28.0 Å². The highest BCUT2D eigenvalue weighted by molar-refractivity contribution is 7.07. The molecule has 0 bridgehead atoms. The zero-order chi connectivity index (χ0) is 25.3. The van der Waals surface area contributed by atoms with Crippen molar-refractivity contribution in [3.8, 4) is 17.0 Å². The molecule has 3 rings (SSSR count). The summed E-state index contributed by atoms with van der Waals surface area (Å²) in [5.74, 6) is -0.0761. The molecule has 2 aromatic carbocycles. The molecule has 0 saturated carbocycles. The van der Waals surface area contributed by atoms with Gasteiger partial charge in [0.1, 0.15) is 18.8 Å². The molecule has 0 aliphatic rings. The number of aliphatic hydroxyl groups excluding tert-OH is 1. The third-order valence-corrected chi connectivity index (χ3v) is 6.05. The lowest BCUT2D eigenvalue weighted by atomic mass is 10.1. The monoisotopic (exact) mass is 527 g/mol. The molecule has 0 amide bonds. The van der Waals surface area contributed by atoms with Gasteiger partial charge in [0, 0.05) is 16.9 Å². The summed E-state index contributed by atoms with van der Waals surface area (Å²) in [4.78, 5) is 8.41. The Labute approximate surface area is 210 Å². The molecule has 0 aliphatic carbocycles. The first-order chi connectivity index (χ1) is 16.7. The molecule has 35 heavy (non-hydrogen) atoms. The Bertz CT molecular complexity index is 1170. The molecule has 0 fully saturated rings. The van der Waals surface area contributed by atoms with E-state index in [1.165, 1.54) is 23.5 Å². The average Bonchev–Trinajstić information content (AvgIpc) is 3.21. The lowest BCUT2D eigenvalue weighted by Crippen LogP contribution is -2.74. The van der Waals surface area contributed by atoms with Crippen LogP contribution in [0.25, 0.3) is 11.3 Å². The van der Waals surface area contributed by atoms with Gasteiger partial charge < -0.3 is 19.7 Å². The summed E-state index contributed by atoms with van der Waals surface area (Å²) < 4.78 is 43.5. The van der Waals surface area contributed by atoms with Gasteiger partial charge in [0.2, 0.25) is 0 Å². The van der Waals surface area contributed by atoms with E-state index >= 15 is 0 Å². The van der Waals surface area contributed by atoms with Gasteiger partial charge in [-0.2, -0.15) is 0 Å². The van der Waals surface area contributed by atoms with Crippen molar-refractivity contribution in [3.63, 3.8) is 0 Å². The van der Waals surface area contributed by atoms with Crippen LogP contribution in [0.5, 0.6) is 5.75 Å². The number of nitrogens with zero attached hydrogens (tertiary/aromatic N) is 2. The van der Waals surface area contributed by atoms with Crippen LogP contribution < -0.4 is 19.8 Å². The number of ether oxygens (including phenoxy) is 1. The predicted octanol–water partition coefficient (Wildman–Crippen LogP) is 3.91. The topological polar surface area (TPSA) is 72.8 Å². The van der Waals surface area contributed by atoms with Crippen LogP contribution in [0.3, 0.4) is 0 Å². The number of aromatic nitrogens is 1. The van der Waals surface area contributed by atoms with Crippen molar-refractivity contribution >= 4 is 28.8 Å². The smallest absolute Gasteiger partial charge is 0.463 e. The van der Waals surface area contributed by atoms with Crippen LogP contribution in [0.1, 0.15) is 18.9 Å². The van der Waals surface area contributed by atoms with E-state index in [1.54, 1.807) is 12.1 Å². The molecule has 6 nitrogen and oxygen atoms in total. The molecule has 0 atom stereocenters. The Morgan fingerprint density at radius 1 is 1.17 bits per heavy atom. The van der Waals surface area contributed by atoms with Crippen LogP contribution in [0, 0.1) is 0 Å². The number of thiazole rings is 1. The Morgan fingerprint density at radius 2 is 1.89 bits per heavy atom. The van der Waals surface area contributed by atoms with E-state index in [2.05, 4.69) is 19.6 Å². The van der Waals surface area contributed by atoms with Gasteiger partial charge >= 0.3 is 12.3 Å². The molecule has 0 aliphatic heterocycles. The fourth-order valence-electron chi connectivity index (χ4n) is 3.31. The second-order valence-corrected chi connectivity index (χ2v) is 8.85. The van der Waals surface area contributed by atoms with Crippen molar-refractivity contribution in [3.05, 3.63) is 69.3 Å². The number of rotatable bonds is 11. The number of aliphatic hydroxyl groups is 1. The second kappa shape index (κ2) is 12.8. The first-order valence-corrected chi connectivity index (χ1v) is 12.3. The summed E-state index contributed by atoms with van der Waals surface area (Å²) in [6, 6.07) is 13.3. The van der Waals surface area contributed by atoms with E-state index < -0.39 is 6.36 Å². The second-order valence-electron chi connectivity index (χ2n) is 7.58. The van der Waals surface area contributed by atoms with Crippen molar-refractivity contribution in [2.45, 2.75) is 32.8 Å². The van der Waals surface area contributed by atoms with Gasteiger partial charge in [0.05, 0.1) is 12.2 Å². The van der Waals surface area contributed by atoms with Crippen LogP contribution in [0.4, 0.5) is 13.2 Å². The van der Waals surface area contributed by atoms with E-state index in [0.717, 1.165) is 28.0 Å². The van der Waals surface area contributed by atoms with Crippen molar-refractivity contribution in [2.24, 2.45) is 4.99 Å². The third-order valence-electron chi connectivity index (χ3n) is 4.90. The van der Waals surface area contributed by atoms with Crippen LogP contribution in [-0.2, 0) is 13.1 Å².